The van der Waals surface area contributed by atoms with Crippen molar-refractivity contribution in [1.29, 1.82) is 0 Å². The molecule has 1 N–H and O–H groups in total. The van der Waals surface area contributed by atoms with E-state index < -0.39 is 0 Å². The molecule has 0 aliphatic carbocycles. The Labute approximate surface area is 91.4 Å². The Kier molecular flexibility index (Phi) is 2.83. The molecule has 2 rings (SSSR count). The summed E-state index contributed by atoms with van der Waals surface area (Å²) in [5, 5.41) is 7.04. The summed E-state index contributed by atoms with van der Waals surface area (Å²) in [7, 11) is 0. The maximum absolute atomic E-state index is 12.7. The van der Waals surface area contributed by atoms with Crippen molar-refractivity contribution in [1.82, 2.24) is 10.2 Å². The molecule has 0 bridgehead atoms. The zero-order valence-corrected chi connectivity index (χ0v) is 8.50. The summed E-state index contributed by atoms with van der Waals surface area (Å²) in [6.07, 6.45) is 5.32. The second-order valence-corrected chi connectivity index (χ2v) is 3.41. The van der Waals surface area contributed by atoms with E-state index in [1.165, 1.54) is 12.1 Å². The van der Waals surface area contributed by atoms with E-state index in [0.29, 0.717) is 5.02 Å². The summed E-state index contributed by atoms with van der Waals surface area (Å²) < 4.78 is 12.7. The Bertz CT molecular complexity index is 477. The summed E-state index contributed by atoms with van der Waals surface area (Å²) in [4.78, 5) is 0. The van der Waals surface area contributed by atoms with Gasteiger partial charge in [0, 0.05) is 6.20 Å². The second-order valence-electron chi connectivity index (χ2n) is 3.00. The second kappa shape index (κ2) is 4.28. The molecular formula is C11H8ClFN2. The van der Waals surface area contributed by atoms with Crippen LogP contribution < -0.4 is 0 Å². The smallest absolute Gasteiger partial charge is 0.124 e. The summed E-state index contributed by atoms with van der Waals surface area (Å²) >= 11 is 5.85. The highest BCUT2D eigenvalue weighted by Gasteiger charge is 1.98. The lowest BCUT2D eigenvalue weighted by Gasteiger charge is -1.96. The van der Waals surface area contributed by atoms with Crippen LogP contribution in [0.2, 0.25) is 5.02 Å². The largest absolute Gasteiger partial charge is 0.285 e. The highest BCUT2D eigenvalue weighted by Crippen LogP contribution is 2.19. The molecule has 0 saturated heterocycles. The lowest BCUT2D eigenvalue weighted by atomic mass is 10.2. The number of aromatic amines is 1. The standard InChI is InChI=1S/C11H8ClFN2/c12-11-7-9(13)3-1-8(11)2-4-10-5-6-14-15-10/h1-7H,(H,14,15)/b4-2+. The van der Waals surface area contributed by atoms with Gasteiger partial charge in [-0.25, -0.2) is 4.39 Å². The molecule has 2 aromatic rings. The van der Waals surface area contributed by atoms with Crippen molar-refractivity contribution in [3.8, 4) is 0 Å². The van der Waals surface area contributed by atoms with Gasteiger partial charge in [0.2, 0.25) is 0 Å². The van der Waals surface area contributed by atoms with E-state index in [-0.39, 0.29) is 5.82 Å². The van der Waals surface area contributed by atoms with Crippen LogP contribution in [0.25, 0.3) is 12.2 Å². The first-order valence-electron chi connectivity index (χ1n) is 4.38. The Morgan fingerprint density at radius 1 is 1.27 bits per heavy atom. The number of nitrogens with one attached hydrogen (secondary N) is 1. The van der Waals surface area contributed by atoms with Crippen molar-refractivity contribution in [2.45, 2.75) is 0 Å². The average molecular weight is 223 g/mol. The van der Waals surface area contributed by atoms with E-state index in [9.17, 15) is 4.39 Å². The minimum atomic E-state index is -0.336. The predicted molar refractivity (Wildman–Crippen MR) is 58.9 cm³/mol. The molecule has 0 aliphatic rings. The normalized spacial score (nSPS) is 11.1. The highest BCUT2D eigenvalue weighted by atomic mass is 35.5. The molecule has 0 aliphatic heterocycles. The molecule has 0 fully saturated rings. The van der Waals surface area contributed by atoms with Crippen LogP contribution >= 0.6 is 11.6 Å². The van der Waals surface area contributed by atoms with E-state index in [0.717, 1.165) is 11.3 Å². The third-order valence-corrected chi connectivity index (χ3v) is 2.25. The number of benzene rings is 1. The van der Waals surface area contributed by atoms with Crippen molar-refractivity contribution >= 4 is 23.8 Å². The zero-order valence-electron chi connectivity index (χ0n) is 7.74. The van der Waals surface area contributed by atoms with Gasteiger partial charge in [0.1, 0.15) is 5.82 Å². The molecule has 2 nitrogen and oxygen atoms in total. The minimum absolute atomic E-state index is 0.336. The van der Waals surface area contributed by atoms with E-state index >= 15 is 0 Å². The molecule has 0 unspecified atom stereocenters. The number of nitrogens with zero attached hydrogens (tertiary/aromatic N) is 1. The van der Waals surface area contributed by atoms with E-state index in [1.54, 1.807) is 24.4 Å². The molecule has 1 aromatic heterocycles. The lowest BCUT2D eigenvalue weighted by molar-refractivity contribution is 0.628. The Morgan fingerprint density at radius 3 is 2.80 bits per heavy atom. The van der Waals surface area contributed by atoms with Crippen LogP contribution in [-0.2, 0) is 0 Å². The van der Waals surface area contributed by atoms with Gasteiger partial charge < -0.3 is 0 Å². The first kappa shape index (κ1) is 9.93. The van der Waals surface area contributed by atoms with Gasteiger partial charge in [0.05, 0.1) is 10.7 Å². The fourth-order valence-electron chi connectivity index (χ4n) is 1.18. The number of hydrogen-bond donors (Lipinski definition) is 1. The van der Waals surface area contributed by atoms with Crippen molar-refractivity contribution in [3.63, 3.8) is 0 Å². The fraction of sp³-hybridized carbons (Fsp3) is 0. The van der Waals surface area contributed by atoms with Gasteiger partial charge in [-0.3, -0.25) is 5.10 Å². The van der Waals surface area contributed by atoms with Gasteiger partial charge in [-0.05, 0) is 29.8 Å². The maximum atomic E-state index is 12.7. The molecular weight excluding hydrogens is 215 g/mol. The average Bonchev–Trinajstić information content (AvgIpc) is 2.69. The van der Waals surface area contributed by atoms with E-state index in [2.05, 4.69) is 10.2 Å². The van der Waals surface area contributed by atoms with Gasteiger partial charge in [-0.1, -0.05) is 23.7 Å². The number of H-pyrrole nitrogens is 1. The van der Waals surface area contributed by atoms with Crippen molar-refractivity contribution in [2.75, 3.05) is 0 Å². The third kappa shape index (κ3) is 2.44. The van der Waals surface area contributed by atoms with Crippen LogP contribution in [0, 0.1) is 5.82 Å². The molecule has 0 saturated carbocycles. The predicted octanol–water partition coefficient (Wildman–Crippen LogP) is 3.37. The monoisotopic (exact) mass is 222 g/mol. The van der Waals surface area contributed by atoms with Gasteiger partial charge in [0.25, 0.3) is 0 Å². The maximum Gasteiger partial charge on any atom is 0.124 e. The fourth-order valence-corrected chi connectivity index (χ4v) is 1.41. The molecule has 1 heterocycles. The third-order valence-electron chi connectivity index (χ3n) is 1.92. The van der Waals surface area contributed by atoms with Crippen LogP contribution in [0.3, 0.4) is 0 Å². The molecule has 0 radical (unpaired) electrons. The van der Waals surface area contributed by atoms with E-state index in [1.807, 2.05) is 6.07 Å². The van der Waals surface area contributed by atoms with Crippen molar-refractivity contribution in [2.24, 2.45) is 0 Å². The quantitative estimate of drug-likeness (QED) is 0.829. The number of rotatable bonds is 2. The molecule has 1 aromatic carbocycles. The lowest BCUT2D eigenvalue weighted by Crippen LogP contribution is -1.78. The number of halogens is 2. The van der Waals surface area contributed by atoms with Gasteiger partial charge in [-0.2, -0.15) is 5.10 Å². The zero-order chi connectivity index (χ0) is 10.7. The first-order chi connectivity index (χ1) is 7.25. The Morgan fingerprint density at radius 2 is 2.13 bits per heavy atom. The van der Waals surface area contributed by atoms with Crippen LogP contribution in [0.1, 0.15) is 11.3 Å². The summed E-state index contributed by atoms with van der Waals surface area (Å²) in [5.41, 5.74) is 1.57. The van der Waals surface area contributed by atoms with Crippen LogP contribution in [0.5, 0.6) is 0 Å². The highest BCUT2D eigenvalue weighted by molar-refractivity contribution is 6.32. The summed E-state index contributed by atoms with van der Waals surface area (Å²) in [5.74, 6) is -0.336. The number of aromatic nitrogens is 2. The van der Waals surface area contributed by atoms with Gasteiger partial charge in [0.15, 0.2) is 0 Å². The molecule has 76 valence electrons. The first-order valence-corrected chi connectivity index (χ1v) is 4.76. The van der Waals surface area contributed by atoms with Crippen LogP contribution in [-0.4, -0.2) is 10.2 Å². The molecule has 0 atom stereocenters. The number of hydrogen-bond acceptors (Lipinski definition) is 1. The summed E-state index contributed by atoms with van der Waals surface area (Å²) in [6, 6.07) is 6.11. The topological polar surface area (TPSA) is 28.7 Å². The van der Waals surface area contributed by atoms with Crippen molar-refractivity contribution < 1.29 is 4.39 Å². The SMILES string of the molecule is Fc1ccc(/C=C/c2cc[nH]n2)c(Cl)c1. The van der Waals surface area contributed by atoms with Gasteiger partial charge >= 0.3 is 0 Å². The Hall–Kier alpha value is -1.61. The van der Waals surface area contributed by atoms with E-state index in [4.69, 9.17) is 11.6 Å². The minimum Gasteiger partial charge on any atom is -0.285 e. The molecule has 0 spiro atoms. The molecule has 15 heavy (non-hydrogen) atoms. The molecule has 4 heteroatoms. The van der Waals surface area contributed by atoms with Crippen LogP contribution in [0.4, 0.5) is 4.39 Å². The van der Waals surface area contributed by atoms with Crippen LogP contribution in [0.15, 0.2) is 30.5 Å². The van der Waals surface area contributed by atoms with Crippen molar-refractivity contribution in [3.05, 3.63) is 52.6 Å². The summed E-state index contributed by atoms with van der Waals surface area (Å²) in [6.45, 7) is 0. The Balaban J connectivity index is 2.24. The van der Waals surface area contributed by atoms with Gasteiger partial charge in [-0.15, -0.1) is 0 Å². The molecule has 0 amide bonds.